The summed E-state index contributed by atoms with van der Waals surface area (Å²) in [5.74, 6) is 6.17. The first-order valence-corrected chi connectivity index (χ1v) is 19.5. The number of fused-ring (bicyclic) bond motifs is 1. The highest BCUT2D eigenvalue weighted by molar-refractivity contribution is 5.66. The van der Waals surface area contributed by atoms with Crippen LogP contribution in [-0.4, -0.2) is 84.3 Å². The van der Waals surface area contributed by atoms with Crippen LogP contribution in [0.3, 0.4) is 0 Å². The Morgan fingerprint density at radius 3 is 2.43 bits per heavy atom. The first kappa shape index (κ1) is 43.9. The fourth-order valence-electron chi connectivity index (χ4n) is 7.11. The molecule has 3 rings (SSSR count). The maximum Gasteiger partial charge on any atom is 0.303 e. The SMILES string of the molecule is CCCCC(O)C(O)C=CC1=C(CC(O)CO)C(CCCCCCC(=O)O)NC(C(C)(O)Cc2ccc(O)cc2)CC#Cc2c(CC)cccc2CC1. The van der Waals surface area contributed by atoms with Gasteiger partial charge in [0.1, 0.15) is 5.75 Å². The first-order chi connectivity index (χ1) is 25.4. The van der Waals surface area contributed by atoms with Crippen LogP contribution in [0.4, 0.5) is 0 Å². The van der Waals surface area contributed by atoms with Gasteiger partial charge in [-0.2, -0.15) is 0 Å². The number of allylic oxidation sites excluding steroid dienone is 2. The van der Waals surface area contributed by atoms with Crippen LogP contribution in [0.1, 0.15) is 120 Å². The van der Waals surface area contributed by atoms with Gasteiger partial charge in [0, 0.05) is 36.9 Å². The molecule has 0 saturated carbocycles. The maximum atomic E-state index is 12.2. The Labute approximate surface area is 316 Å². The Hall–Kier alpha value is -3.49. The van der Waals surface area contributed by atoms with Gasteiger partial charge >= 0.3 is 5.97 Å². The van der Waals surface area contributed by atoms with E-state index in [4.69, 9.17) is 5.11 Å². The van der Waals surface area contributed by atoms with Crippen molar-refractivity contribution in [2.45, 2.75) is 153 Å². The number of aliphatic hydroxyl groups is 5. The van der Waals surface area contributed by atoms with Crippen molar-refractivity contribution in [3.8, 4) is 17.6 Å². The predicted molar refractivity (Wildman–Crippen MR) is 210 cm³/mol. The van der Waals surface area contributed by atoms with Gasteiger partial charge in [-0.25, -0.2) is 0 Å². The number of phenols is 1. The van der Waals surface area contributed by atoms with Gasteiger partial charge in [-0.3, -0.25) is 4.79 Å². The zero-order valence-corrected chi connectivity index (χ0v) is 31.9. The summed E-state index contributed by atoms with van der Waals surface area (Å²) in [6, 6.07) is 12.0. The molecule has 2 aromatic rings. The number of aromatic hydroxyl groups is 1. The minimum atomic E-state index is -1.31. The summed E-state index contributed by atoms with van der Waals surface area (Å²) in [4.78, 5) is 11.1. The summed E-state index contributed by atoms with van der Waals surface area (Å²) >= 11 is 0. The van der Waals surface area contributed by atoms with Crippen molar-refractivity contribution in [3.63, 3.8) is 0 Å². The van der Waals surface area contributed by atoms with Crippen LogP contribution < -0.4 is 5.32 Å². The van der Waals surface area contributed by atoms with E-state index in [0.717, 1.165) is 71.9 Å². The van der Waals surface area contributed by atoms with Crippen molar-refractivity contribution in [3.05, 3.63) is 88.0 Å². The maximum absolute atomic E-state index is 12.2. The van der Waals surface area contributed by atoms with Gasteiger partial charge < -0.3 is 41.1 Å². The molecule has 2 aromatic carbocycles. The minimum Gasteiger partial charge on any atom is -0.508 e. The summed E-state index contributed by atoms with van der Waals surface area (Å²) in [5, 5.41) is 77.8. The van der Waals surface area contributed by atoms with Crippen LogP contribution in [0, 0.1) is 11.8 Å². The second kappa shape index (κ2) is 22.7. The van der Waals surface area contributed by atoms with Crippen LogP contribution in [0.2, 0.25) is 0 Å². The number of phenolic OH excluding ortho intramolecular Hbond substituents is 1. The summed E-state index contributed by atoms with van der Waals surface area (Å²) in [5.41, 5.74) is 4.40. The summed E-state index contributed by atoms with van der Waals surface area (Å²) in [7, 11) is 0. The highest BCUT2D eigenvalue weighted by Crippen LogP contribution is 2.30. The molecule has 0 aliphatic carbocycles. The molecule has 0 spiro atoms. The van der Waals surface area contributed by atoms with Gasteiger partial charge in [-0.05, 0) is 91.8 Å². The molecule has 8 N–H and O–H groups in total. The van der Waals surface area contributed by atoms with Crippen LogP contribution in [0.15, 0.2) is 65.8 Å². The van der Waals surface area contributed by atoms with E-state index in [0.29, 0.717) is 38.5 Å². The van der Waals surface area contributed by atoms with E-state index in [9.17, 15) is 35.4 Å². The lowest BCUT2D eigenvalue weighted by Crippen LogP contribution is -2.54. The van der Waals surface area contributed by atoms with Crippen LogP contribution in [0.25, 0.3) is 0 Å². The van der Waals surface area contributed by atoms with Gasteiger partial charge in [0.05, 0.1) is 30.5 Å². The average molecular weight is 734 g/mol. The molecule has 9 nitrogen and oxygen atoms in total. The highest BCUT2D eigenvalue weighted by Gasteiger charge is 2.35. The Balaban J connectivity index is 2.20. The standard InChI is InChI=1S/C44H63NO8/c1-4-6-17-40(49)41(50)27-24-34-23-22-33-14-11-13-32(5-2)37(33)15-12-18-42(44(3,53)29-31-20-25-35(47)26-21-31)45-39(38(34)28-36(48)30-46)16-9-7-8-10-19-43(51)52/h11,13-14,20-21,24-27,36,39-42,45-50,53H,4-10,16-19,22-23,28-30H2,1-3H3,(H,51,52). The van der Waals surface area contributed by atoms with Crippen molar-refractivity contribution in [1.82, 2.24) is 5.32 Å². The molecular formula is C44H63NO8. The molecule has 6 atom stereocenters. The second-order valence-corrected chi connectivity index (χ2v) is 14.8. The van der Waals surface area contributed by atoms with Crippen LogP contribution in [0.5, 0.6) is 5.75 Å². The molecule has 0 bridgehead atoms. The predicted octanol–water partition coefficient (Wildman–Crippen LogP) is 5.90. The lowest BCUT2D eigenvalue weighted by atomic mass is 9.83. The van der Waals surface area contributed by atoms with Crippen molar-refractivity contribution >= 4 is 5.97 Å². The fraction of sp³-hybridized carbons (Fsp3) is 0.568. The van der Waals surface area contributed by atoms with Crippen molar-refractivity contribution in [1.29, 1.82) is 0 Å². The van der Waals surface area contributed by atoms with Gasteiger partial charge in [0.15, 0.2) is 0 Å². The molecule has 0 fully saturated rings. The molecule has 0 radical (unpaired) electrons. The van der Waals surface area contributed by atoms with E-state index >= 15 is 0 Å². The zero-order valence-electron chi connectivity index (χ0n) is 31.9. The third-order valence-electron chi connectivity index (χ3n) is 10.3. The number of carboxylic acids is 1. The number of hydrogen-bond donors (Lipinski definition) is 8. The number of carboxylic acid groups (broad SMARTS) is 1. The lowest BCUT2D eigenvalue weighted by Gasteiger charge is -2.38. The highest BCUT2D eigenvalue weighted by atomic mass is 16.4. The quantitative estimate of drug-likeness (QED) is 0.0610. The molecule has 1 heterocycles. The van der Waals surface area contributed by atoms with Crippen molar-refractivity contribution < 1.29 is 40.5 Å². The van der Waals surface area contributed by atoms with Crippen LogP contribution >= 0.6 is 0 Å². The molecule has 1 aliphatic heterocycles. The van der Waals surface area contributed by atoms with E-state index in [1.54, 1.807) is 37.3 Å². The summed E-state index contributed by atoms with van der Waals surface area (Å²) in [6.07, 6.45) is 8.80. The number of hydrogen-bond acceptors (Lipinski definition) is 8. The minimum absolute atomic E-state index is 0.110. The number of aliphatic hydroxyl groups excluding tert-OH is 4. The van der Waals surface area contributed by atoms with E-state index in [1.165, 1.54) is 0 Å². The van der Waals surface area contributed by atoms with Gasteiger partial charge in [-0.15, -0.1) is 0 Å². The summed E-state index contributed by atoms with van der Waals surface area (Å²) < 4.78 is 0. The number of rotatable bonds is 20. The van der Waals surface area contributed by atoms with Gasteiger partial charge in [0.2, 0.25) is 0 Å². The second-order valence-electron chi connectivity index (χ2n) is 14.8. The smallest absolute Gasteiger partial charge is 0.303 e. The molecule has 53 heavy (non-hydrogen) atoms. The Morgan fingerprint density at radius 2 is 1.75 bits per heavy atom. The zero-order chi connectivity index (χ0) is 38.8. The van der Waals surface area contributed by atoms with Gasteiger partial charge in [0.25, 0.3) is 0 Å². The number of benzene rings is 2. The molecular weight excluding hydrogens is 670 g/mol. The van der Waals surface area contributed by atoms with E-state index in [2.05, 4.69) is 36.2 Å². The number of carbonyl (C=O) groups is 1. The molecule has 9 heteroatoms. The Morgan fingerprint density at radius 1 is 1.02 bits per heavy atom. The topological polar surface area (TPSA) is 171 Å². The van der Waals surface area contributed by atoms with E-state index in [1.807, 2.05) is 19.1 Å². The molecule has 1 aliphatic rings. The van der Waals surface area contributed by atoms with Crippen LogP contribution in [-0.2, 0) is 24.1 Å². The van der Waals surface area contributed by atoms with Crippen molar-refractivity contribution in [2.75, 3.05) is 6.61 Å². The molecule has 6 unspecified atom stereocenters. The number of aryl methyl sites for hydroxylation is 2. The molecule has 0 amide bonds. The number of nitrogens with one attached hydrogen (secondary N) is 1. The molecule has 0 saturated heterocycles. The van der Waals surface area contributed by atoms with E-state index in [-0.39, 0.29) is 31.1 Å². The molecule has 292 valence electrons. The normalized spacial score (nSPS) is 19.6. The number of unbranched alkanes of at least 4 members (excludes halogenated alkanes) is 4. The lowest BCUT2D eigenvalue weighted by molar-refractivity contribution is -0.137. The monoisotopic (exact) mass is 733 g/mol. The van der Waals surface area contributed by atoms with Gasteiger partial charge in [-0.1, -0.05) is 100 Å². The van der Waals surface area contributed by atoms with Crippen molar-refractivity contribution in [2.24, 2.45) is 0 Å². The third-order valence-corrected chi connectivity index (χ3v) is 10.3. The Bertz CT molecular complexity index is 1540. The molecule has 0 aromatic heterocycles. The third kappa shape index (κ3) is 14.7. The van der Waals surface area contributed by atoms with E-state index < -0.39 is 42.5 Å². The Kier molecular flexibility index (Phi) is 18.8. The number of aliphatic carboxylic acids is 1. The summed E-state index contributed by atoms with van der Waals surface area (Å²) in [6.45, 7) is 5.46. The first-order valence-electron chi connectivity index (χ1n) is 19.5. The average Bonchev–Trinajstić information content (AvgIpc) is 3.13. The largest absolute Gasteiger partial charge is 0.508 e. The fourth-order valence-corrected chi connectivity index (χ4v) is 7.11.